The SMILES string of the molecule is C#CCCC(CC)O[Si](c1ccccc1)(c1ccccc1)C(C)(C)C. The van der Waals surface area contributed by atoms with Crippen molar-refractivity contribution < 1.29 is 4.43 Å². The molecule has 0 N–H and O–H groups in total. The van der Waals surface area contributed by atoms with Gasteiger partial charge in [0, 0.05) is 12.5 Å². The molecule has 1 unspecified atom stereocenters. The molecule has 2 heteroatoms. The lowest BCUT2D eigenvalue weighted by Crippen LogP contribution is -2.67. The maximum Gasteiger partial charge on any atom is 0.261 e. The highest BCUT2D eigenvalue weighted by molar-refractivity contribution is 6.99. The maximum atomic E-state index is 7.07. The van der Waals surface area contributed by atoms with E-state index in [-0.39, 0.29) is 11.1 Å². The lowest BCUT2D eigenvalue weighted by molar-refractivity contribution is 0.175. The highest BCUT2D eigenvalue weighted by Crippen LogP contribution is 2.38. The minimum Gasteiger partial charge on any atom is -0.404 e. The first-order valence-corrected chi connectivity index (χ1v) is 11.1. The number of hydrogen-bond acceptors (Lipinski definition) is 1. The summed E-state index contributed by atoms with van der Waals surface area (Å²) in [5.41, 5.74) is 0. The summed E-state index contributed by atoms with van der Waals surface area (Å²) >= 11 is 0. The van der Waals surface area contributed by atoms with Crippen molar-refractivity contribution in [1.82, 2.24) is 0 Å². The minimum absolute atomic E-state index is 0.0132. The van der Waals surface area contributed by atoms with Gasteiger partial charge in [0.15, 0.2) is 0 Å². The van der Waals surface area contributed by atoms with Crippen LogP contribution >= 0.6 is 0 Å². The van der Waals surface area contributed by atoms with Crippen molar-refractivity contribution >= 4 is 18.7 Å². The number of hydrogen-bond donors (Lipinski definition) is 0. The van der Waals surface area contributed by atoms with Crippen molar-refractivity contribution in [1.29, 1.82) is 0 Å². The molecule has 0 radical (unpaired) electrons. The zero-order valence-corrected chi connectivity index (χ0v) is 17.0. The van der Waals surface area contributed by atoms with Crippen molar-refractivity contribution in [2.45, 2.75) is 58.1 Å². The highest BCUT2D eigenvalue weighted by Gasteiger charge is 2.51. The van der Waals surface area contributed by atoms with Crippen molar-refractivity contribution in [3.8, 4) is 12.3 Å². The summed E-state index contributed by atoms with van der Waals surface area (Å²) in [6, 6.07) is 21.6. The molecule has 0 saturated carbocycles. The molecule has 2 aromatic carbocycles. The molecule has 132 valence electrons. The van der Waals surface area contributed by atoms with Gasteiger partial charge in [-0.2, -0.15) is 0 Å². The van der Waals surface area contributed by atoms with Gasteiger partial charge in [-0.15, -0.1) is 12.3 Å². The molecule has 0 heterocycles. The summed E-state index contributed by atoms with van der Waals surface area (Å²) in [5, 5.41) is 2.67. The van der Waals surface area contributed by atoms with Gasteiger partial charge in [0.2, 0.25) is 0 Å². The van der Waals surface area contributed by atoms with Crippen LogP contribution in [-0.2, 0) is 4.43 Å². The van der Waals surface area contributed by atoms with Crippen molar-refractivity contribution in [3.05, 3.63) is 60.7 Å². The van der Waals surface area contributed by atoms with E-state index in [4.69, 9.17) is 10.8 Å². The Kier molecular flexibility index (Phi) is 6.64. The normalized spacial score (nSPS) is 13.2. The van der Waals surface area contributed by atoms with Gasteiger partial charge in [-0.3, -0.25) is 0 Å². The van der Waals surface area contributed by atoms with Gasteiger partial charge in [0.05, 0.1) is 0 Å². The van der Waals surface area contributed by atoms with Crippen LogP contribution in [0.25, 0.3) is 0 Å². The number of terminal acetylenes is 1. The molecule has 0 saturated heterocycles. The van der Waals surface area contributed by atoms with Crippen LogP contribution in [0.2, 0.25) is 5.04 Å². The highest BCUT2D eigenvalue weighted by atomic mass is 28.4. The van der Waals surface area contributed by atoms with E-state index in [1.54, 1.807) is 0 Å². The Morgan fingerprint density at radius 3 is 1.80 bits per heavy atom. The Morgan fingerprint density at radius 1 is 0.960 bits per heavy atom. The van der Waals surface area contributed by atoms with E-state index in [9.17, 15) is 0 Å². The molecule has 2 rings (SSSR count). The van der Waals surface area contributed by atoms with E-state index in [0.717, 1.165) is 19.3 Å². The van der Waals surface area contributed by atoms with Gasteiger partial charge in [-0.25, -0.2) is 0 Å². The topological polar surface area (TPSA) is 9.23 Å². The third-order valence-corrected chi connectivity index (χ3v) is 9.92. The Balaban J connectivity index is 2.62. The van der Waals surface area contributed by atoms with Crippen molar-refractivity contribution in [2.24, 2.45) is 0 Å². The molecule has 0 fully saturated rings. The monoisotopic (exact) mass is 350 g/mol. The largest absolute Gasteiger partial charge is 0.404 e. The molecule has 1 atom stereocenters. The zero-order valence-electron chi connectivity index (χ0n) is 16.0. The Labute approximate surface area is 154 Å². The number of rotatable bonds is 7. The molecular weight excluding hydrogens is 320 g/mol. The van der Waals surface area contributed by atoms with Gasteiger partial charge < -0.3 is 4.43 Å². The van der Waals surface area contributed by atoms with E-state index in [1.807, 2.05) is 0 Å². The van der Waals surface area contributed by atoms with Crippen LogP contribution in [-0.4, -0.2) is 14.4 Å². The predicted molar refractivity (Wildman–Crippen MR) is 111 cm³/mol. The first kappa shape index (κ1) is 19.5. The average Bonchev–Trinajstić information content (AvgIpc) is 2.62. The lowest BCUT2D eigenvalue weighted by Gasteiger charge is -2.45. The van der Waals surface area contributed by atoms with Crippen LogP contribution in [0.5, 0.6) is 0 Å². The molecule has 0 amide bonds. The van der Waals surface area contributed by atoms with Crippen molar-refractivity contribution in [3.63, 3.8) is 0 Å². The predicted octanol–water partition coefficient (Wildman–Crippen LogP) is 4.76. The van der Waals surface area contributed by atoms with Crippen LogP contribution < -0.4 is 10.4 Å². The van der Waals surface area contributed by atoms with Gasteiger partial charge in [-0.05, 0) is 28.3 Å². The van der Waals surface area contributed by atoms with Crippen LogP contribution in [0, 0.1) is 12.3 Å². The van der Waals surface area contributed by atoms with Crippen LogP contribution in [0.3, 0.4) is 0 Å². The fraction of sp³-hybridized carbons (Fsp3) is 0.391. The van der Waals surface area contributed by atoms with Crippen LogP contribution in [0.4, 0.5) is 0 Å². The molecule has 0 spiro atoms. The van der Waals surface area contributed by atoms with Gasteiger partial charge in [-0.1, -0.05) is 88.4 Å². The summed E-state index contributed by atoms with van der Waals surface area (Å²) in [6.45, 7) is 9.13. The van der Waals surface area contributed by atoms with Gasteiger partial charge in [0.25, 0.3) is 8.32 Å². The standard InChI is InChI=1S/C23H30OSi/c1-6-8-15-20(7-2)24-25(23(3,4)5,21-16-11-9-12-17-21)22-18-13-10-14-19-22/h1,9-14,16-20H,7-8,15H2,2-5H3. The smallest absolute Gasteiger partial charge is 0.261 e. The second-order valence-electron chi connectivity index (χ2n) is 7.55. The van der Waals surface area contributed by atoms with E-state index in [0.29, 0.717) is 0 Å². The molecule has 2 aromatic rings. The van der Waals surface area contributed by atoms with Gasteiger partial charge in [0.1, 0.15) is 0 Å². The fourth-order valence-electron chi connectivity index (χ4n) is 3.53. The zero-order chi connectivity index (χ0) is 18.3. The van der Waals surface area contributed by atoms with Crippen molar-refractivity contribution in [2.75, 3.05) is 0 Å². The van der Waals surface area contributed by atoms with E-state index in [1.165, 1.54) is 10.4 Å². The lowest BCUT2D eigenvalue weighted by atomic mass is 10.2. The Bertz CT molecular complexity index is 640. The number of benzene rings is 2. The first-order valence-electron chi connectivity index (χ1n) is 9.18. The third-order valence-electron chi connectivity index (χ3n) is 4.83. The average molecular weight is 351 g/mol. The van der Waals surface area contributed by atoms with E-state index >= 15 is 0 Å². The summed E-state index contributed by atoms with van der Waals surface area (Å²) in [5.74, 6) is 2.77. The van der Waals surface area contributed by atoms with E-state index in [2.05, 4.69) is 94.3 Å². The summed E-state index contributed by atoms with van der Waals surface area (Å²) in [6.07, 6.45) is 8.34. The quantitative estimate of drug-likeness (QED) is 0.517. The molecule has 0 aliphatic carbocycles. The molecule has 0 aliphatic rings. The summed E-state index contributed by atoms with van der Waals surface area (Å²) in [4.78, 5) is 0. The second-order valence-corrected chi connectivity index (χ2v) is 11.8. The molecule has 0 bridgehead atoms. The minimum atomic E-state index is -2.45. The molecule has 0 aliphatic heterocycles. The Morgan fingerprint density at radius 2 is 1.44 bits per heavy atom. The first-order chi connectivity index (χ1) is 12.0. The maximum absolute atomic E-state index is 7.07. The molecular formula is C23H30OSi. The fourth-order valence-corrected chi connectivity index (χ4v) is 8.33. The molecule has 1 nitrogen and oxygen atoms in total. The third kappa shape index (κ3) is 4.23. The summed E-state index contributed by atoms with van der Waals surface area (Å²) in [7, 11) is -2.45. The van der Waals surface area contributed by atoms with Crippen LogP contribution in [0.1, 0.15) is 47.0 Å². The van der Waals surface area contributed by atoms with Gasteiger partial charge >= 0.3 is 0 Å². The second kappa shape index (κ2) is 8.51. The Hall–Kier alpha value is -1.82. The van der Waals surface area contributed by atoms with Crippen LogP contribution in [0.15, 0.2) is 60.7 Å². The molecule has 25 heavy (non-hydrogen) atoms. The molecule has 0 aromatic heterocycles. The summed E-state index contributed by atoms with van der Waals surface area (Å²) < 4.78 is 7.07. The van der Waals surface area contributed by atoms with E-state index < -0.39 is 8.32 Å².